The predicted molar refractivity (Wildman–Crippen MR) is 117 cm³/mol. The van der Waals surface area contributed by atoms with Crippen molar-refractivity contribution in [3.8, 4) is 22.3 Å². The molecule has 4 rings (SSSR count). The van der Waals surface area contributed by atoms with Gasteiger partial charge in [-0.3, -0.25) is 0 Å². The number of anilines is 2. The van der Waals surface area contributed by atoms with Gasteiger partial charge in [-0.2, -0.15) is 0 Å². The summed E-state index contributed by atoms with van der Waals surface area (Å²) in [4.78, 5) is 2.25. The molecule has 0 heterocycles. The summed E-state index contributed by atoms with van der Waals surface area (Å²) in [6, 6.07) is 36.5. The quantitative estimate of drug-likeness (QED) is 0.380. The maximum Gasteiger partial charge on any atom is 0.0487 e. The van der Waals surface area contributed by atoms with E-state index in [0.29, 0.717) is 0 Å². The molecule has 0 aromatic heterocycles. The highest BCUT2D eigenvalue weighted by atomic mass is 15.1. The molecule has 132 valence electrons. The zero-order valence-electron chi connectivity index (χ0n) is 15.8. The van der Waals surface area contributed by atoms with Crippen molar-refractivity contribution >= 4 is 11.4 Å². The molecule has 0 aliphatic rings. The molecule has 0 unspecified atom stereocenters. The van der Waals surface area contributed by atoms with Crippen LogP contribution in [-0.4, -0.2) is 7.05 Å². The zero-order chi connectivity index (χ0) is 18.6. The summed E-state index contributed by atoms with van der Waals surface area (Å²) in [6.45, 7) is 2.12. The minimum absolute atomic E-state index is 1.18. The third kappa shape index (κ3) is 3.63. The van der Waals surface area contributed by atoms with Crippen LogP contribution in [0.5, 0.6) is 0 Å². The fraction of sp³-hybridized carbons (Fsp3) is 0.0769. The molecule has 27 heavy (non-hydrogen) atoms. The molecule has 1 heteroatoms. The van der Waals surface area contributed by atoms with E-state index in [1.807, 2.05) is 0 Å². The number of aryl methyl sites for hydroxylation is 1. The Bertz CT molecular complexity index is 1020. The minimum Gasteiger partial charge on any atom is -0.344 e. The van der Waals surface area contributed by atoms with Crippen molar-refractivity contribution in [2.45, 2.75) is 6.92 Å². The first-order valence-electron chi connectivity index (χ1n) is 9.28. The lowest BCUT2D eigenvalue weighted by Crippen LogP contribution is -2.10. The first kappa shape index (κ1) is 17.1. The van der Waals surface area contributed by atoms with E-state index in [4.69, 9.17) is 0 Å². The third-order valence-electron chi connectivity index (χ3n) is 4.99. The van der Waals surface area contributed by atoms with Crippen LogP contribution in [0.25, 0.3) is 22.3 Å². The van der Waals surface area contributed by atoms with E-state index >= 15 is 0 Å². The molecule has 0 fully saturated rings. The lowest BCUT2D eigenvalue weighted by Gasteiger charge is -2.23. The summed E-state index contributed by atoms with van der Waals surface area (Å²) in [6.07, 6.45) is 0. The number of benzene rings is 4. The second-order valence-electron chi connectivity index (χ2n) is 6.86. The Morgan fingerprint density at radius 3 is 1.74 bits per heavy atom. The van der Waals surface area contributed by atoms with Crippen LogP contribution in [0.2, 0.25) is 0 Å². The van der Waals surface area contributed by atoms with Crippen LogP contribution in [0.1, 0.15) is 5.56 Å². The Balaban J connectivity index is 1.66. The topological polar surface area (TPSA) is 3.24 Å². The standard InChI is InChI=1S/C26H23N/c1-20-12-14-21(15-13-20)22-16-18-24(19-17-22)27(2)26-11-7-6-10-25(26)23-8-4-3-5-9-23/h3-19H,1-2H3. The van der Waals surface area contributed by atoms with Gasteiger partial charge in [0, 0.05) is 24.0 Å². The lowest BCUT2D eigenvalue weighted by atomic mass is 10.0. The number of para-hydroxylation sites is 1. The van der Waals surface area contributed by atoms with Gasteiger partial charge >= 0.3 is 0 Å². The van der Waals surface area contributed by atoms with E-state index in [-0.39, 0.29) is 0 Å². The van der Waals surface area contributed by atoms with E-state index in [0.717, 1.165) is 0 Å². The van der Waals surface area contributed by atoms with E-state index in [1.54, 1.807) is 0 Å². The summed E-state index contributed by atoms with van der Waals surface area (Å²) in [5.74, 6) is 0. The van der Waals surface area contributed by atoms with Gasteiger partial charge in [0.1, 0.15) is 0 Å². The fourth-order valence-corrected chi connectivity index (χ4v) is 3.39. The van der Waals surface area contributed by atoms with Gasteiger partial charge in [0.15, 0.2) is 0 Å². The van der Waals surface area contributed by atoms with Crippen molar-refractivity contribution in [2.24, 2.45) is 0 Å². The highest BCUT2D eigenvalue weighted by molar-refractivity contribution is 5.82. The van der Waals surface area contributed by atoms with Crippen LogP contribution in [0.3, 0.4) is 0 Å². The fourth-order valence-electron chi connectivity index (χ4n) is 3.39. The number of rotatable bonds is 4. The smallest absolute Gasteiger partial charge is 0.0487 e. The van der Waals surface area contributed by atoms with Gasteiger partial charge in [0.2, 0.25) is 0 Å². The monoisotopic (exact) mass is 349 g/mol. The Labute approximate surface area is 161 Å². The van der Waals surface area contributed by atoms with Crippen LogP contribution in [0.4, 0.5) is 11.4 Å². The minimum atomic E-state index is 1.18. The van der Waals surface area contributed by atoms with Gasteiger partial charge in [-0.15, -0.1) is 0 Å². The van der Waals surface area contributed by atoms with Gasteiger partial charge in [0.05, 0.1) is 0 Å². The molecule has 0 amide bonds. The molecule has 0 saturated carbocycles. The largest absolute Gasteiger partial charge is 0.344 e. The third-order valence-corrected chi connectivity index (χ3v) is 4.99. The zero-order valence-corrected chi connectivity index (χ0v) is 15.8. The molecule has 0 saturated heterocycles. The number of hydrogen-bond donors (Lipinski definition) is 0. The summed E-state index contributed by atoms with van der Waals surface area (Å²) in [5, 5.41) is 0. The predicted octanol–water partition coefficient (Wildman–Crippen LogP) is 7.10. The average molecular weight is 349 g/mol. The molecular formula is C26H23N. The molecule has 0 spiro atoms. The molecule has 4 aromatic carbocycles. The Kier molecular flexibility index (Phi) is 4.76. The van der Waals surface area contributed by atoms with E-state index < -0.39 is 0 Å². The Morgan fingerprint density at radius 2 is 1.07 bits per heavy atom. The molecule has 0 aliphatic heterocycles. The first-order chi connectivity index (χ1) is 13.2. The summed E-state index contributed by atoms with van der Waals surface area (Å²) >= 11 is 0. The molecule has 4 aromatic rings. The average Bonchev–Trinajstić information content (AvgIpc) is 2.74. The second kappa shape index (κ2) is 7.51. The summed E-state index contributed by atoms with van der Waals surface area (Å²) < 4.78 is 0. The van der Waals surface area contributed by atoms with Crippen LogP contribution >= 0.6 is 0 Å². The summed E-state index contributed by atoms with van der Waals surface area (Å²) in [5.41, 5.74) is 8.62. The van der Waals surface area contributed by atoms with Gasteiger partial charge < -0.3 is 4.90 Å². The number of nitrogens with zero attached hydrogens (tertiary/aromatic N) is 1. The SMILES string of the molecule is Cc1ccc(-c2ccc(N(C)c3ccccc3-c3ccccc3)cc2)cc1. The molecule has 0 aliphatic carbocycles. The van der Waals surface area contributed by atoms with Crippen LogP contribution in [-0.2, 0) is 0 Å². The van der Waals surface area contributed by atoms with Crippen molar-refractivity contribution in [1.29, 1.82) is 0 Å². The highest BCUT2D eigenvalue weighted by Gasteiger charge is 2.10. The normalized spacial score (nSPS) is 10.6. The van der Waals surface area contributed by atoms with Crippen LogP contribution < -0.4 is 4.90 Å². The van der Waals surface area contributed by atoms with Crippen molar-refractivity contribution in [3.63, 3.8) is 0 Å². The van der Waals surface area contributed by atoms with Gasteiger partial charge in [0.25, 0.3) is 0 Å². The molecule has 0 atom stereocenters. The van der Waals surface area contributed by atoms with Gasteiger partial charge in [-0.25, -0.2) is 0 Å². The first-order valence-corrected chi connectivity index (χ1v) is 9.28. The Morgan fingerprint density at radius 1 is 0.519 bits per heavy atom. The maximum atomic E-state index is 2.25. The van der Waals surface area contributed by atoms with E-state index in [1.165, 1.54) is 39.2 Å². The molecule has 0 bridgehead atoms. The van der Waals surface area contributed by atoms with Crippen molar-refractivity contribution in [2.75, 3.05) is 11.9 Å². The van der Waals surface area contributed by atoms with Crippen LogP contribution in [0, 0.1) is 6.92 Å². The van der Waals surface area contributed by atoms with Crippen LogP contribution in [0.15, 0.2) is 103 Å². The van der Waals surface area contributed by atoms with Crippen molar-refractivity contribution in [1.82, 2.24) is 0 Å². The molecule has 1 nitrogen and oxygen atoms in total. The molecule has 0 N–H and O–H groups in total. The molecular weight excluding hydrogens is 326 g/mol. The second-order valence-corrected chi connectivity index (χ2v) is 6.86. The lowest BCUT2D eigenvalue weighted by molar-refractivity contribution is 1.21. The number of hydrogen-bond acceptors (Lipinski definition) is 1. The summed E-state index contributed by atoms with van der Waals surface area (Å²) in [7, 11) is 2.13. The van der Waals surface area contributed by atoms with E-state index in [2.05, 4.69) is 122 Å². The maximum absolute atomic E-state index is 2.25. The molecule has 0 radical (unpaired) electrons. The highest BCUT2D eigenvalue weighted by Crippen LogP contribution is 2.34. The van der Waals surface area contributed by atoms with Gasteiger partial charge in [-0.05, 0) is 41.8 Å². The van der Waals surface area contributed by atoms with Gasteiger partial charge in [-0.1, -0.05) is 90.5 Å². The Hall–Kier alpha value is -3.32. The van der Waals surface area contributed by atoms with E-state index in [9.17, 15) is 0 Å². The van der Waals surface area contributed by atoms with Crippen molar-refractivity contribution < 1.29 is 0 Å². The van der Waals surface area contributed by atoms with Crippen molar-refractivity contribution in [3.05, 3.63) is 109 Å².